The predicted molar refractivity (Wildman–Crippen MR) is 177 cm³/mol. The summed E-state index contributed by atoms with van der Waals surface area (Å²) in [7, 11) is 1.59. The van der Waals surface area contributed by atoms with Crippen LogP contribution in [0.3, 0.4) is 0 Å². The summed E-state index contributed by atoms with van der Waals surface area (Å²) in [6.45, 7) is 14.1. The van der Waals surface area contributed by atoms with Crippen LogP contribution >= 0.6 is 0 Å². The molecule has 1 aliphatic carbocycles. The number of carboxylic acid groups (broad SMARTS) is 1. The Hall–Kier alpha value is -3.72. The molecule has 1 N–H and O–H groups in total. The molecule has 0 spiro atoms. The highest BCUT2D eigenvalue weighted by Crippen LogP contribution is 2.52. The summed E-state index contributed by atoms with van der Waals surface area (Å²) in [5.74, 6) is -1.11. The molecular formula is C37H49N3O6. The minimum Gasteiger partial charge on any atom is -0.481 e. The number of fused-ring (bicyclic) bond motifs is 1. The first-order valence-corrected chi connectivity index (χ1v) is 16.6. The van der Waals surface area contributed by atoms with Crippen LogP contribution in [0.2, 0.25) is 0 Å². The molecule has 3 aromatic rings. The number of benzene rings is 1. The number of carbonyl (C=O) groups is 2. The van der Waals surface area contributed by atoms with Crippen LogP contribution in [0, 0.1) is 31.1 Å². The van der Waals surface area contributed by atoms with E-state index in [0.717, 1.165) is 59.7 Å². The molecule has 1 saturated heterocycles. The molecule has 5 rings (SSSR count). The van der Waals surface area contributed by atoms with Crippen LogP contribution in [0.4, 0.5) is 0 Å². The Labute approximate surface area is 272 Å². The second kappa shape index (κ2) is 13.6. The van der Waals surface area contributed by atoms with Gasteiger partial charge in [0.15, 0.2) is 0 Å². The van der Waals surface area contributed by atoms with Crippen molar-refractivity contribution in [1.29, 1.82) is 0 Å². The fraction of sp³-hybridized carbons (Fsp3) is 0.568. The molecule has 4 atom stereocenters. The van der Waals surface area contributed by atoms with E-state index in [1.165, 1.54) is 0 Å². The molecular weight excluding hydrogens is 582 g/mol. The van der Waals surface area contributed by atoms with Crippen LogP contribution in [0.15, 0.2) is 36.5 Å². The van der Waals surface area contributed by atoms with Crippen molar-refractivity contribution in [1.82, 2.24) is 14.9 Å². The van der Waals surface area contributed by atoms with Crippen molar-refractivity contribution >= 4 is 22.8 Å². The topological polar surface area (TPSA) is 111 Å². The average Bonchev–Trinajstić information content (AvgIpc) is 3.37. The lowest BCUT2D eigenvalue weighted by Crippen LogP contribution is -2.49. The van der Waals surface area contributed by atoms with E-state index < -0.39 is 35.5 Å². The molecule has 9 heteroatoms. The number of nitrogens with zero attached hydrogens (tertiary/aromatic N) is 3. The van der Waals surface area contributed by atoms with Gasteiger partial charge in [0.25, 0.3) is 0 Å². The number of carbonyl (C=O) groups excluding carboxylic acids is 1. The number of likely N-dealkylation sites (tertiary alicyclic amines) is 1. The highest BCUT2D eigenvalue weighted by Gasteiger charge is 2.60. The van der Waals surface area contributed by atoms with Gasteiger partial charge in [-0.05, 0) is 75.3 Å². The molecule has 0 unspecified atom stereocenters. The van der Waals surface area contributed by atoms with Crippen molar-refractivity contribution in [3.8, 4) is 11.8 Å². The van der Waals surface area contributed by atoms with Crippen molar-refractivity contribution in [2.75, 3.05) is 7.11 Å². The first-order valence-electron chi connectivity index (χ1n) is 16.6. The van der Waals surface area contributed by atoms with Crippen molar-refractivity contribution < 1.29 is 28.9 Å². The summed E-state index contributed by atoms with van der Waals surface area (Å²) >= 11 is 0. The zero-order valence-electron chi connectivity index (χ0n) is 28.5. The molecule has 1 saturated carbocycles. The van der Waals surface area contributed by atoms with Gasteiger partial charge in [-0.25, -0.2) is 14.8 Å². The molecule has 2 aliphatic rings. The lowest BCUT2D eigenvalue weighted by molar-refractivity contribution is -0.154. The quantitative estimate of drug-likeness (QED) is 0.264. The predicted octanol–water partition coefficient (Wildman–Crippen LogP) is 7.21. The smallest absolute Gasteiger partial charge is 0.326 e. The van der Waals surface area contributed by atoms with Gasteiger partial charge >= 0.3 is 5.97 Å². The molecule has 1 aromatic carbocycles. The SMILES string of the molecule is COc1nc2c(C)ccc(C)c2cc1CO[C@H]1[C@H](C(C)(C)C)[C@@H](C(=O)O)N(C(=O)C2CCCCC2)[C@H]1c1cccnc1OC(C)C. The Morgan fingerprint density at radius 2 is 1.74 bits per heavy atom. The van der Waals surface area contributed by atoms with Crippen molar-refractivity contribution in [3.05, 3.63) is 58.8 Å². The summed E-state index contributed by atoms with van der Waals surface area (Å²) in [6.07, 6.45) is 5.29. The van der Waals surface area contributed by atoms with E-state index >= 15 is 0 Å². The standard InChI is InChI=1S/C37H49N3O6/c1-21(2)46-34-26(15-12-18-38-34)30-32(45-20-25-19-27-22(3)16-17-23(4)29(27)39-33(25)44-8)28(37(5,6)7)31(36(42)43)40(30)35(41)24-13-10-9-11-14-24/h12,15-19,21,24,28,30-32H,9-11,13-14,20H2,1-8H3,(H,42,43)/t28-,30+,31+,32+/m1/s1. The fourth-order valence-electron chi connectivity index (χ4n) is 7.45. The van der Waals surface area contributed by atoms with E-state index in [4.69, 9.17) is 19.2 Å². The number of methoxy groups -OCH3 is 1. The maximum atomic E-state index is 14.6. The normalized spacial score (nSPS) is 22.4. The van der Waals surface area contributed by atoms with Crippen molar-refractivity contribution in [2.24, 2.45) is 17.3 Å². The number of aromatic nitrogens is 2. The van der Waals surface area contributed by atoms with Crippen LogP contribution in [-0.4, -0.2) is 57.2 Å². The van der Waals surface area contributed by atoms with Crippen LogP contribution in [0.25, 0.3) is 10.9 Å². The average molecular weight is 632 g/mol. The van der Waals surface area contributed by atoms with Crippen LogP contribution in [-0.2, 0) is 20.9 Å². The molecule has 9 nitrogen and oxygen atoms in total. The van der Waals surface area contributed by atoms with Crippen LogP contribution in [0.1, 0.15) is 95.0 Å². The van der Waals surface area contributed by atoms with Gasteiger partial charge < -0.3 is 24.2 Å². The third-order valence-corrected chi connectivity index (χ3v) is 9.60. The fourth-order valence-corrected chi connectivity index (χ4v) is 7.45. The molecule has 1 aliphatic heterocycles. The summed E-state index contributed by atoms with van der Waals surface area (Å²) < 4.78 is 18.8. The number of carboxylic acids is 1. The van der Waals surface area contributed by atoms with E-state index in [1.54, 1.807) is 18.2 Å². The van der Waals surface area contributed by atoms with Crippen molar-refractivity contribution in [2.45, 2.75) is 111 Å². The number of ether oxygens (including phenoxy) is 3. The van der Waals surface area contributed by atoms with Gasteiger partial charge in [0, 0.05) is 34.5 Å². The molecule has 0 radical (unpaired) electrons. The second-order valence-corrected chi connectivity index (χ2v) is 14.3. The van der Waals surface area contributed by atoms with E-state index in [1.807, 2.05) is 66.7 Å². The summed E-state index contributed by atoms with van der Waals surface area (Å²) in [4.78, 5) is 38.9. The third-order valence-electron chi connectivity index (χ3n) is 9.60. The molecule has 2 aromatic heterocycles. The zero-order chi connectivity index (χ0) is 33.3. The second-order valence-electron chi connectivity index (χ2n) is 14.3. The third kappa shape index (κ3) is 6.57. The molecule has 0 bridgehead atoms. The van der Waals surface area contributed by atoms with E-state index in [2.05, 4.69) is 17.1 Å². The molecule has 1 amide bonds. The number of pyridine rings is 2. The van der Waals surface area contributed by atoms with Gasteiger partial charge in [-0.3, -0.25) is 4.79 Å². The molecule has 46 heavy (non-hydrogen) atoms. The largest absolute Gasteiger partial charge is 0.481 e. The summed E-state index contributed by atoms with van der Waals surface area (Å²) in [5.41, 5.74) is 3.87. The number of hydrogen-bond acceptors (Lipinski definition) is 7. The first-order chi connectivity index (χ1) is 21.8. The van der Waals surface area contributed by atoms with Gasteiger partial charge in [-0.1, -0.05) is 52.2 Å². The van der Waals surface area contributed by atoms with Gasteiger partial charge in [0.05, 0.1) is 37.5 Å². The maximum Gasteiger partial charge on any atom is 0.326 e. The number of aliphatic carboxylic acids is 1. The first kappa shape index (κ1) is 33.6. The number of hydrogen-bond donors (Lipinski definition) is 1. The molecule has 248 valence electrons. The van der Waals surface area contributed by atoms with E-state index in [-0.39, 0.29) is 24.5 Å². The Morgan fingerprint density at radius 3 is 2.37 bits per heavy atom. The van der Waals surface area contributed by atoms with E-state index in [9.17, 15) is 14.7 Å². The number of rotatable bonds is 9. The van der Waals surface area contributed by atoms with Crippen LogP contribution in [0.5, 0.6) is 11.8 Å². The minimum atomic E-state index is -1.10. The number of amides is 1. The maximum absolute atomic E-state index is 14.6. The Morgan fingerprint density at radius 1 is 1.04 bits per heavy atom. The minimum absolute atomic E-state index is 0.117. The monoisotopic (exact) mass is 631 g/mol. The van der Waals surface area contributed by atoms with Gasteiger partial charge in [-0.2, -0.15) is 0 Å². The summed E-state index contributed by atoms with van der Waals surface area (Å²) in [5, 5.41) is 11.9. The van der Waals surface area contributed by atoms with E-state index in [0.29, 0.717) is 17.3 Å². The van der Waals surface area contributed by atoms with Crippen LogP contribution < -0.4 is 9.47 Å². The Bertz CT molecular complexity index is 1580. The lowest BCUT2D eigenvalue weighted by Gasteiger charge is -2.35. The van der Waals surface area contributed by atoms with Crippen molar-refractivity contribution in [3.63, 3.8) is 0 Å². The van der Waals surface area contributed by atoms with Gasteiger partial charge in [-0.15, -0.1) is 0 Å². The van der Waals surface area contributed by atoms with Gasteiger partial charge in [0.1, 0.15) is 6.04 Å². The highest BCUT2D eigenvalue weighted by atomic mass is 16.5. The Kier molecular flexibility index (Phi) is 9.92. The lowest BCUT2D eigenvalue weighted by atomic mass is 9.73. The summed E-state index contributed by atoms with van der Waals surface area (Å²) in [6, 6.07) is 8.04. The zero-order valence-corrected chi connectivity index (χ0v) is 28.5. The molecule has 3 heterocycles. The number of aryl methyl sites for hydroxylation is 2. The Balaban J connectivity index is 1.66. The molecule has 2 fully saturated rings. The van der Waals surface area contributed by atoms with Gasteiger partial charge in [0.2, 0.25) is 17.7 Å². The highest BCUT2D eigenvalue weighted by molar-refractivity contribution is 5.87.